The zero-order valence-corrected chi connectivity index (χ0v) is 37.5. The lowest BCUT2D eigenvalue weighted by Gasteiger charge is -2.19. The lowest BCUT2D eigenvalue weighted by atomic mass is 10.0. The number of esters is 1. The molecule has 16 nitrogen and oxygen atoms in total. The zero-order valence-electron chi connectivity index (χ0n) is 37.5. The molecule has 4 aromatic carbocycles. The fraction of sp³-hybridized carbons (Fsp3) is 0.200. The molecule has 348 valence electrons. The van der Waals surface area contributed by atoms with Crippen LogP contribution in [0.25, 0.3) is 33.2 Å². The van der Waals surface area contributed by atoms with Gasteiger partial charge in [0.1, 0.15) is 11.6 Å². The van der Waals surface area contributed by atoms with Gasteiger partial charge in [-0.2, -0.15) is 10.2 Å². The monoisotopic (exact) mass is 922 g/mol. The molecule has 0 saturated heterocycles. The number of hydrogen-bond acceptors (Lipinski definition) is 11. The van der Waals surface area contributed by atoms with Crippen LogP contribution in [0, 0.1) is 11.6 Å². The third kappa shape index (κ3) is 9.81. The number of carbonyl (C=O) groups is 4. The van der Waals surface area contributed by atoms with Crippen molar-refractivity contribution in [3.63, 3.8) is 0 Å². The Balaban J connectivity index is 0.000000188. The fourth-order valence-electron chi connectivity index (χ4n) is 7.78. The second kappa shape index (κ2) is 20.5. The molecule has 0 spiro atoms. The Bertz CT molecular complexity index is 2900. The van der Waals surface area contributed by atoms with Crippen LogP contribution in [-0.2, 0) is 15.8 Å². The van der Waals surface area contributed by atoms with Crippen LogP contribution < -0.4 is 21.7 Å². The van der Waals surface area contributed by atoms with Gasteiger partial charge in [0.25, 0.3) is 17.7 Å². The van der Waals surface area contributed by atoms with Crippen molar-refractivity contribution >= 4 is 45.5 Å². The van der Waals surface area contributed by atoms with Crippen molar-refractivity contribution in [1.29, 1.82) is 0 Å². The minimum atomic E-state index is -0.532. The van der Waals surface area contributed by atoms with Gasteiger partial charge in [-0.25, -0.2) is 22.9 Å². The summed E-state index contributed by atoms with van der Waals surface area (Å²) >= 11 is 0. The first-order chi connectivity index (χ1) is 33.0. The van der Waals surface area contributed by atoms with Gasteiger partial charge in [0.15, 0.2) is 0 Å². The van der Waals surface area contributed by atoms with Crippen LogP contribution in [0.15, 0.2) is 134 Å². The number of methoxy groups -OCH3 is 1. The first-order valence-corrected chi connectivity index (χ1v) is 21.4. The SMILES string of the molecule is CN.CNC(=O)c1cccc(C2(NC(=O)c3cncc4c3cnn4-c3ccc(F)cc3)CC2)c1.CO.COC(=O)c1cccc(C2(NC(=O)c3cncc4c3cnn4-c3ccc(F)cc3)CC2)c1. The third-order valence-corrected chi connectivity index (χ3v) is 11.6. The molecule has 4 heterocycles. The number of aromatic nitrogens is 6. The van der Waals surface area contributed by atoms with Crippen LogP contribution in [0.3, 0.4) is 0 Å². The second-order valence-electron chi connectivity index (χ2n) is 15.6. The minimum absolute atomic E-state index is 0.170. The number of rotatable bonds is 10. The van der Waals surface area contributed by atoms with E-state index in [0.29, 0.717) is 55.4 Å². The van der Waals surface area contributed by atoms with Crippen molar-refractivity contribution < 1.29 is 37.8 Å². The molecular weight excluding hydrogens is 875 g/mol. The van der Waals surface area contributed by atoms with E-state index < -0.39 is 17.0 Å². The molecule has 2 aliphatic carbocycles. The number of nitrogens with two attached hydrogens (primary N) is 1. The van der Waals surface area contributed by atoms with Crippen molar-refractivity contribution in [1.82, 2.24) is 45.5 Å². The maximum Gasteiger partial charge on any atom is 0.337 e. The number of aliphatic hydroxyl groups excluding tert-OH is 1. The normalized spacial score (nSPS) is 13.5. The Kier molecular flexibility index (Phi) is 14.4. The summed E-state index contributed by atoms with van der Waals surface area (Å²) in [7, 11) is 5.42. The quantitative estimate of drug-likeness (QED) is 0.0960. The number of amides is 3. The van der Waals surface area contributed by atoms with Gasteiger partial charge >= 0.3 is 5.97 Å². The summed E-state index contributed by atoms with van der Waals surface area (Å²) in [6, 6.07) is 26.3. The number of halogens is 2. The number of pyridine rings is 2. The van der Waals surface area contributed by atoms with Gasteiger partial charge in [0.05, 0.1) is 82.1 Å². The lowest BCUT2D eigenvalue weighted by Crippen LogP contribution is -2.35. The van der Waals surface area contributed by atoms with Crippen LogP contribution in [-0.4, -0.2) is 86.6 Å². The predicted molar refractivity (Wildman–Crippen MR) is 250 cm³/mol. The molecule has 0 aliphatic heterocycles. The Morgan fingerprint density at radius 2 is 1.01 bits per heavy atom. The summed E-state index contributed by atoms with van der Waals surface area (Å²) in [6.45, 7) is 0. The molecule has 0 radical (unpaired) electrons. The van der Waals surface area contributed by atoms with Crippen LogP contribution in [0.5, 0.6) is 0 Å². The molecule has 2 saturated carbocycles. The van der Waals surface area contributed by atoms with Crippen molar-refractivity contribution in [2.24, 2.45) is 5.73 Å². The van der Waals surface area contributed by atoms with Gasteiger partial charge in [-0.3, -0.25) is 24.4 Å². The van der Waals surface area contributed by atoms with Crippen LogP contribution >= 0.6 is 0 Å². The highest BCUT2D eigenvalue weighted by Gasteiger charge is 2.47. The van der Waals surface area contributed by atoms with Gasteiger partial charge in [-0.15, -0.1) is 0 Å². The van der Waals surface area contributed by atoms with Crippen LogP contribution in [0.4, 0.5) is 8.78 Å². The molecule has 2 aliphatic rings. The number of nitrogens with zero attached hydrogens (tertiary/aromatic N) is 6. The zero-order chi connectivity index (χ0) is 48.6. The van der Waals surface area contributed by atoms with E-state index >= 15 is 0 Å². The average molecular weight is 923 g/mol. The number of nitrogens with one attached hydrogen (secondary N) is 3. The summed E-state index contributed by atoms with van der Waals surface area (Å²) in [5, 5.41) is 25.9. The highest BCUT2D eigenvalue weighted by molar-refractivity contribution is 6.07. The van der Waals surface area contributed by atoms with E-state index in [1.807, 2.05) is 24.3 Å². The Morgan fingerprint density at radius 1 is 0.603 bits per heavy atom. The van der Waals surface area contributed by atoms with E-state index in [4.69, 9.17) is 9.84 Å². The maximum absolute atomic E-state index is 13.3. The van der Waals surface area contributed by atoms with E-state index in [1.54, 1.807) is 89.7 Å². The fourth-order valence-corrected chi connectivity index (χ4v) is 7.78. The molecule has 2 fully saturated rings. The van der Waals surface area contributed by atoms with Gasteiger partial charge in [-0.05, 0) is 117 Å². The van der Waals surface area contributed by atoms with Gasteiger partial charge < -0.3 is 31.5 Å². The molecule has 10 rings (SSSR count). The number of carbonyl (C=O) groups excluding carboxylic acids is 4. The second-order valence-corrected chi connectivity index (χ2v) is 15.6. The summed E-state index contributed by atoms with van der Waals surface area (Å²) in [5.41, 5.74) is 9.64. The van der Waals surface area contributed by atoms with Gasteiger partial charge in [0, 0.05) is 42.9 Å². The standard InChI is InChI=1S/C24H20FN5O2.C24H19FN4O3.CH5N.CH4O/c1-26-22(31)15-3-2-4-16(11-15)24(9-10-24)29-23(32)20-12-27-14-21-19(20)13-28-30(21)18-7-5-17(25)6-8-18;1-32-23(31)15-3-2-4-16(11-15)24(9-10-24)28-22(30)20-12-26-14-21-19(20)13-27-29(21)18-7-5-17(25)6-8-18;2*1-2/h2-8,11-14H,9-10H2,1H3,(H,26,31)(H,29,32);2-8,11-14H,9-10H2,1H3,(H,28,30);2H2,1H3;2H,1H3. The highest BCUT2D eigenvalue weighted by atomic mass is 19.1. The van der Waals surface area contributed by atoms with Crippen molar-refractivity contribution in [2.75, 3.05) is 28.3 Å². The molecule has 0 unspecified atom stereocenters. The van der Waals surface area contributed by atoms with Gasteiger partial charge in [0.2, 0.25) is 0 Å². The third-order valence-electron chi connectivity index (χ3n) is 11.6. The first kappa shape index (κ1) is 47.7. The molecule has 68 heavy (non-hydrogen) atoms. The van der Waals surface area contributed by atoms with Crippen molar-refractivity contribution in [3.8, 4) is 11.4 Å². The Labute approximate surface area is 389 Å². The number of fused-ring (bicyclic) bond motifs is 2. The van der Waals surface area contributed by atoms with Crippen LogP contribution in [0.1, 0.15) is 78.2 Å². The van der Waals surface area contributed by atoms with E-state index in [2.05, 4.69) is 41.8 Å². The number of hydrogen-bond donors (Lipinski definition) is 5. The average Bonchev–Trinajstić information content (AvgIpc) is 4.26. The summed E-state index contributed by atoms with van der Waals surface area (Å²) in [4.78, 5) is 58.8. The number of ether oxygens (including phenoxy) is 1. The smallest absolute Gasteiger partial charge is 0.337 e. The van der Waals surface area contributed by atoms with Crippen molar-refractivity contribution in [2.45, 2.75) is 36.8 Å². The molecule has 6 N–H and O–H groups in total. The van der Waals surface area contributed by atoms with E-state index in [0.717, 1.165) is 43.9 Å². The molecule has 0 atom stereocenters. The van der Waals surface area contributed by atoms with E-state index in [1.165, 1.54) is 50.8 Å². The number of benzene rings is 4. The Morgan fingerprint density at radius 3 is 1.41 bits per heavy atom. The minimum Gasteiger partial charge on any atom is -0.465 e. The summed E-state index contributed by atoms with van der Waals surface area (Å²) < 4.78 is 34.6. The number of aliphatic hydroxyl groups is 1. The maximum atomic E-state index is 13.3. The van der Waals surface area contributed by atoms with E-state index in [9.17, 15) is 28.0 Å². The predicted octanol–water partition coefficient (Wildman–Crippen LogP) is 6.29. The molecule has 0 bridgehead atoms. The first-order valence-electron chi connectivity index (χ1n) is 21.4. The highest BCUT2D eigenvalue weighted by Crippen LogP contribution is 2.47. The lowest BCUT2D eigenvalue weighted by molar-refractivity contribution is 0.0600. The summed E-state index contributed by atoms with van der Waals surface area (Å²) in [6.07, 6.45) is 12.6. The molecule has 18 heteroatoms. The van der Waals surface area contributed by atoms with Crippen LogP contribution in [0.2, 0.25) is 0 Å². The molecule has 3 amide bonds. The Hall–Kier alpha value is -8.22. The van der Waals surface area contributed by atoms with E-state index in [-0.39, 0.29) is 29.4 Å². The van der Waals surface area contributed by atoms with Crippen molar-refractivity contribution in [3.05, 3.63) is 179 Å². The molecular formula is C50H48F2N10O6. The largest absolute Gasteiger partial charge is 0.465 e. The summed E-state index contributed by atoms with van der Waals surface area (Å²) in [5.74, 6) is -1.80. The topological polar surface area (TPSA) is 221 Å². The van der Waals surface area contributed by atoms with Gasteiger partial charge in [-0.1, -0.05) is 24.3 Å². The molecule has 8 aromatic rings. The molecule has 4 aromatic heterocycles.